The molecular weight excluding hydrogens is 190 g/mol. The maximum absolute atomic E-state index is 11.4. The van der Waals surface area contributed by atoms with Gasteiger partial charge in [0.05, 0.1) is 0 Å². The molecule has 0 amide bonds. The number of benzene rings is 1. The van der Waals surface area contributed by atoms with Crippen molar-refractivity contribution >= 4 is 11.6 Å². The lowest BCUT2D eigenvalue weighted by molar-refractivity contribution is -0.117. The molecule has 3 nitrogen and oxygen atoms in total. The van der Waals surface area contributed by atoms with Gasteiger partial charge in [-0.1, -0.05) is 12.1 Å². The lowest BCUT2D eigenvalue weighted by Gasteiger charge is -1.99. The molecule has 0 unspecified atom stereocenters. The molecule has 2 rings (SSSR count). The van der Waals surface area contributed by atoms with Crippen LogP contribution in [0.25, 0.3) is 4.85 Å². The highest BCUT2D eigenvalue weighted by Gasteiger charge is 2.20. The van der Waals surface area contributed by atoms with Crippen LogP contribution in [0.1, 0.15) is 21.5 Å². The molecule has 3 heteroatoms. The number of nitrogens with zero attached hydrogens (tertiary/aromatic N) is 1. The van der Waals surface area contributed by atoms with Crippen molar-refractivity contribution in [2.75, 3.05) is 6.54 Å². The van der Waals surface area contributed by atoms with Gasteiger partial charge in [0, 0.05) is 18.4 Å². The number of carbonyl (C=O) groups is 2. The van der Waals surface area contributed by atoms with Gasteiger partial charge in [-0.25, -0.2) is 6.57 Å². The Hall–Kier alpha value is -1.95. The quantitative estimate of drug-likeness (QED) is 0.534. The minimum Gasteiger partial charge on any atom is -0.308 e. The number of hydrogen-bond acceptors (Lipinski definition) is 2. The van der Waals surface area contributed by atoms with E-state index in [1.54, 1.807) is 12.1 Å². The normalized spacial score (nSPS) is 13.4. The molecule has 1 aliphatic carbocycles. The third-order valence-electron chi connectivity index (χ3n) is 2.53. The predicted molar refractivity (Wildman–Crippen MR) is 54.7 cm³/mol. The van der Waals surface area contributed by atoms with Crippen LogP contribution in [0.2, 0.25) is 0 Å². The van der Waals surface area contributed by atoms with E-state index in [1.165, 1.54) is 0 Å². The molecule has 0 bridgehead atoms. The van der Waals surface area contributed by atoms with Crippen molar-refractivity contribution in [3.63, 3.8) is 0 Å². The first-order chi connectivity index (χ1) is 7.20. The number of Topliss-reactive ketones (excluding diaryl/α,β-unsaturated/α-hetero) is 2. The number of ketones is 2. The van der Waals surface area contributed by atoms with Crippen molar-refractivity contribution in [1.29, 1.82) is 0 Å². The molecule has 15 heavy (non-hydrogen) atoms. The highest BCUT2D eigenvalue weighted by atomic mass is 16.1. The first-order valence-electron chi connectivity index (χ1n) is 4.70. The summed E-state index contributed by atoms with van der Waals surface area (Å²) in [7, 11) is 0. The molecule has 0 radical (unpaired) electrons. The molecule has 0 spiro atoms. The predicted octanol–water partition coefficient (Wildman–Crippen LogP) is 1.46. The molecule has 74 valence electrons. The summed E-state index contributed by atoms with van der Waals surface area (Å²) in [5, 5.41) is 0. The highest BCUT2D eigenvalue weighted by molar-refractivity contribution is 5.99. The lowest BCUT2D eigenvalue weighted by Crippen LogP contribution is -2.02. The number of rotatable bonds is 2. The minimum atomic E-state index is -0.174. The number of carbonyl (C=O) groups excluding carboxylic acids is 2. The summed E-state index contributed by atoms with van der Waals surface area (Å²) in [5.74, 6) is 0.0203. The summed E-state index contributed by atoms with van der Waals surface area (Å²) in [6.07, 6.45) is 0.904. The largest absolute Gasteiger partial charge is 0.308 e. The molecule has 1 aromatic carbocycles. The molecule has 0 aliphatic heterocycles. The average Bonchev–Trinajstić information content (AvgIpc) is 2.57. The summed E-state index contributed by atoms with van der Waals surface area (Å²) in [5.41, 5.74) is 2.50. The van der Waals surface area contributed by atoms with Gasteiger partial charge in [-0.3, -0.25) is 9.59 Å². The van der Waals surface area contributed by atoms with E-state index in [4.69, 9.17) is 6.57 Å². The smallest absolute Gasteiger partial charge is 0.276 e. The molecule has 0 atom stereocenters. The van der Waals surface area contributed by atoms with E-state index < -0.39 is 0 Å². The van der Waals surface area contributed by atoms with Crippen LogP contribution < -0.4 is 0 Å². The van der Waals surface area contributed by atoms with Gasteiger partial charge in [-0.2, -0.15) is 0 Å². The van der Waals surface area contributed by atoms with Crippen molar-refractivity contribution in [3.05, 3.63) is 46.3 Å². The van der Waals surface area contributed by atoms with Crippen LogP contribution >= 0.6 is 0 Å². The first-order valence-corrected chi connectivity index (χ1v) is 4.70. The van der Waals surface area contributed by atoms with Gasteiger partial charge in [0.25, 0.3) is 6.54 Å². The van der Waals surface area contributed by atoms with Crippen molar-refractivity contribution < 1.29 is 9.59 Å². The van der Waals surface area contributed by atoms with Crippen LogP contribution in [-0.2, 0) is 17.6 Å². The van der Waals surface area contributed by atoms with E-state index in [-0.39, 0.29) is 18.1 Å². The Labute approximate surface area is 87.5 Å². The Morgan fingerprint density at radius 1 is 1.33 bits per heavy atom. The molecule has 0 saturated carbocycles. The summed E-state index contributed by atoms with van der Waals surface area (Å²) in [6, 6.07) is 5.26. The minimum absolute atomic E-state index is 0.118. The van der Waals surface area contributed by atoms with E-state index in [2.05, 4.69) is 4.85 Å². The standard InChI is InChI=1S/C12H9NO2/c1-13-7-12(15)9-3-2-8-5-11(14)6-10(8)4-9/h2-4H,5-7H2. The Balaban J connectivity index is 2.32. The van der Waals surface area contributed by atoms with Gasteiger partial charge in [0.15, 0.2) is 0 Å². The Morgan fingerprint density at radius 2 is 2.07 bits per heavy atom. The molecule has 0 heterocycles. The van der Waals surface area contributed by atoms with Crippen molar-refractivity contribution in [1.82, 2.24) is 0 Å². The Morgan fingerprint density at radius 3 is 2.80 bits per heavy atom. The second-order valence-corrected chi connectivity index (χ2v) is 3.62. The molecule has 0 aromatic heterocycles. The summed E-state index contributed by atoms with van der Waals surface area (Å²) in [4.78, 5) is 25.7. The van der Waals surface area contributed by atoms with Crippen LogP contribution in [0.4, 0.5) is 0 Å². The molecule has 0 saturated heterocycles. The van der Waals surface area contributed by atoms with Crippen molar-refractivity contribution in [2.45, 2.75) is 12.8 Å². The van der Waals surface area contributed by atoms with Crippen LogP contribution in [0.5, 0.6) is 0 Å². The van der Waals surface area contributed by atoms with E-state index in [9.17, 15) is 9.59 Å². The molecule has 0 N–H and O–H groups in total. The summed E-state index contributed by atoms with van der Waals surface area (Å²) >= 11 is 0. The van der Waals surface area contributed by atoms with Crippen LogP contribution in [-0.4, -0.2) is 18.1 Å². The zero-order valence-electron chi connectivity index (χ0n) is 8.12. The summed E-state index contributed by atoms with van der Waals surface area (Å²) in [6.45, 7) is 6.50. The molecule has 1 aromatic rings. The van der Waals surface area contributed by atoms with Crippen molar-refractivity contribution in [3.8, 4) is 0 Å². The highest BCUT2D eigenvalue weighted by Crippen LogP contribution is 2.21. The first kappa shape index (κ1) is 9.60. The molecule has 0 fully saturated rings. The SMILES string of the molecule is [C-]#[N+]CC(=O)c1ccc2c(c1)CC(=O)C2. The van der Waals surface area contributed by atoms with Crippen LogP contribution in [0.15, 0.2) is 18.2 Å². The van der Waals surface area contributed by atoms with E-state index >= 15 is 0 Å². The fourth-order valence-corrected chi connectivity index (χ4v) is 1.79. The van der Waals surface area contributed by atoms with Gasteiger partial charge >= 0.3 is 0 Å². The maximum atomic E-state index is 11.4. The second kappa shape index (κ2) is 3.66. The second-order valence-electron chi connectivity index (χ2n) is 3.62. The monoisotopic (exact) mass is 199 g/mol. The summed E-state index contributed by atoms with van der Waals surface area (Å²) < 4.78 is 0. The Bertz CT molecular complexity index is 483. The zero-order valence-corrected chi connectivity index (χ0v) is 8.12. The Kier molecular flexibility index (Phi) is 2.34. The van der Waals surface area contributed by atoms with Crippen LogP contribution in [0.3, 0.4) is 0 Å². The maximum Gasteiger partial charge on any atom is 0.276 e. The van der Waals surface area contributed by atoms with Gasteiger partial charge in [0.1, 0.15) is 5.78 Å². The lowest BCUT2D eigenvalue weighted by atomic mass is 10.0. The average molecular weight is 199 g/mol. The van der Waals surface area contributed by atoms with E-state index in [1.807, 2.05) is 6.07 Å². The zero-order chi connectivity index (χ0) is 10.8. The van der Waals surface area contributed by atoms with E-state index in [0.717, 1.165) is 11.1 Å². The number of hydrogen-bond donors (Lipinski definition) is 0. The fraction of sp³-hybridized carbons (Fsp3) is 0.250. The fourth-order valence-electron chi connectivity index (χ4n) is 1.79. The van der Waals surface area contributed by atoms with Gasteiger partial charge in [0.2, 0.25) is 5.78 Å². The van der Waals surface area contributed by atoms with Crippen LogP contribution in [0, 0.1) is 6.57 Å². The van der Waals surface area contributed by atoms with Crippen molar-refractivity contribution in [2.24, 2.45) is 0 Å². The van der Waals surface area contributed by atoms with Gasteiger partial charge in [-0.15, -0.1) is 0 Å². The number of fused-ring (bicyclic) bond motifs is 1. The third-order valence-corrected chi connectivity index (χ3v) is 2.53. The van der Waals surface area contributed by atoms with Gasteiger partial charge in [-0.05, 0) is 17.2 Å². The topological polar surface area (TPSA) is 38.5 Å². The van der Waals surface area contributed by atoms with Gasteiger partial charge < -0.3 is 4.85 Å². The molecular formula is C12H9NO2. The van der Waals surface area contributed by atoms with E-state index in [0.29, 0.717) is 18.4 Å². The third kappa shape index (κ3) is 1.79. The molecule has 1 aliphatic rings.